The van der Waals surface area contributed by atoms with Crippen LogP contribution in [0, 0.1) is 6.92 Å². The van der Waals surface area contributed by atoms with Crippen molar-refractivity contribution in [3.63, 3.8) is 0 Å². The van der Waals surface area contributed by atoms with E-state index in [1.54, 1.807) is 35.2 Å². The summed E-state index contributed by atoms with van der Waals surface area (Å²) in [6.07, 6.45) is 5.04. The molecule has 124 valence electrons. The molecule has 0 spiro atoms. The standard InChI is InChI=1S/C17H17N3O3S/c1-11-9-10-23-15(11)17-18-16(12-3-4-12)19-20(17)13-5-7-14(8-6-13)24(2,21)22/h5-10,12H,3-4H2,1-2H3. The summed E-state index contributed by atoms with van der Waals surface area (Å²) in [6, 6.07) is 8.54. The molecule has 0 amide bonds. The number of aromatic nitrogens is 3. The molecule has 0 aliphatic heterocycles. The van der Waals surface area contributed by atoms with Crippen LogP contribution in [-0.4, -0.2) is 29.4 Å². The predicted molar refractivity (Wildman–Crippen MR) is 88.9 cm³/mol. The number of rotatable bonds is 4. The average Bonchev–Trinajstić information content (AvgIpc) is 3.16. The number of furan rings is 1. The SMILES string of the molecule is Cc1ccoc1-c1nc(C2CC2)nn1-c1ccc(S(C)(=O)=O)cc1. The van der Waals surface area contributed by atoms with Gasteiger partial charge in [0.2, 0.25) is 0 Å². The van der Waals surface area contributed by atoms with Crippen molar-refractivity contribution < 1.29 is 12.8 Å². The highest BCUT2D eigenvalue weighted by atomic mass is 32.2. The fourth-order valence-corrected chi connectivity index (χ4v) is 3.24. The zero-order valence-electron chi connectivity index (χ0n) is 13.4. The first kappa shape index (κ1) is 15.1. The molecule has 0 atom stereocenters. The molecule has 24 heavy (non-hydrogen) atoms. The van der Waals surface area contributed by atoms with Gasteiger partial charge in [0.15, 0.2) is 27.2 Å². The minimum Gasteiger partial charge on any atom is -0.461 e. The van der Waals surface area contributed by atoms with E-state index in [9.17, 15) is 8.42 Å². The van der Waals surface area contributed by atoms with Gasteiger partial charge < -0.3 is 4.42 Å². The second kappa shape index (κ2) is 5.31. The fraction of sp³-hybridized carbons (Fsp3) is 0.294. The molecule has 0 saturated heterocycles. The molecule has 6 nitrogen and oxygen atoms in total. The third kappa shape index (κ3) is 2.65. The van der Waals surface area contributed by atoms with E-state index in [-0.39, 0.29) is 4.90 Å². The van der Waals surface area contributed by atoms with Crippen LogP contribution in [0.4, 0.5) is 0 Å². The van der Waals surface area contributed by atoms with E-state index in [1.165, 1.54) is 6.26 Å². The van der Waals surface area contributed by atoms with Gasteiger partial charge in [-0.3, -0.25) is 0 Å². The summed E-state index contributed by atoms with van der Waals surface area (Å²) < 4.78 is 30.6. The van der Waals surface area contributed by atoms with Gasteiger partial charge >= 0.3 is 0 Å². The summed E-state index contributed by atoms with van der Waals surface area (Å²) >= 11 is 0. The minimum atomic E-state index is -3.22. The van der Waals surface area contributed by atoms with Crippen LogP contribution in [0.15, 0.2) is 45.9 Å². The van der Waals surface area contributed by atoms with Crippen LogP contribution in [0.5, 0.6) is 0 Å². The van der Waals surface area contributed by atoms with Gasteiger partial charge in [-0.05, 0) is 55.7 Å². The predicted octanol–water partition coefficient (Wildman–Crippen LogP) is 3.12. The van der Waals surface area contributed by atoms with Crippen LogP contribution in [0.2, 0.25) is 0 Å². The highest BCUT2D eigenvalue weighted by Crippen LogP contribution is 2.39. The highest BCUT2D eigenvalue weighted by Gasteiger charge is 2.30. The van der Waals surface area contributed by atoms with E-state index in [0.29, 0.717) is 17.5 Å². The normalized spacial score (nSPS) is 14.9. The van der Waals surface area contributed by atoms with E-state index in [4.69, 9.17) is 4.42 Å². The van der Waals surface area contributed by atoms with Crippen LogP contribution < -0.4 is 0 Å². The number of hydrogen-bond donors (Lipinski definition) is 0. The first-order valence-corrected chi connectivity index (χ1v) is 9.64. The van der Waals surface area contributed by atoms with Crippen molar-refractivity contribution in [2.24, 2.45) is 0 Å². The first-order chi connectivity index (χ1) is 11.4. The van der Waals surface area contributed by atoms with Crippen LogP contribution in [0.3, 0.4) is 0 Å². The van der Waals surface area contributed by atoms with Crippen molar-refractivity contribution in [2.45, 2.75) is 30.6 Å². The summed E-state index contributed by atoms with van der Waals surface area (Å²) in [6.45, 7) is 1.96. The highest BCUT2D eigenvalue weighted by molar-refractivity contribution is 7.90. The van der Waals surface area contributed by atoms with Gasteiger partial charge in [-0.1, -0.05) is 0 Å². The van der Waals surface area contributed by atoms with Crippen LogP contribution in [0.25, 0.3) is 17.3 Å². The van der Waals surface area contributed by atoms with Crippen LogP contribution in [-0.2, 0) is 9.84 Å². The van der Waals surface area contributed by atoms with Gasteiger partial charge in [-0.2, -0.15) is 5.10 Å². The molecule has 1 aliphatic carbocycles. The maximum atomic E-state index is 11.6. The summed E-state index contributed by atoms with van der Waals surface area (Å²) in [4.78, 5) is 4.94. The van der Waals surface area contributed by atoms with Gasteiger partial charge in [0.05, 0.1) is 16.8 Å². The Hall–Kier alpha value is -2.41. The van der Waals surface area contributed by atoms with Crippen LogP contribution in [0.1, 0.15) is 30.1 Å². The van der Waals surface area contributed by atoms with Crippen molar-refractivity contribution in [2.75, 3.05) is 6.26 Å². The lowest BCUT2D eigenvalue weighted by molar-refractivity contribution is 0.572. The Labute approximate surface area is 140 Å². The lowest BCUT2D eigenvalue weighted by Gasteiger charge is -2.06. The number of benzene rings is 1. The van der Waals surface area contributed by atoms with Gasteiger partial charge in [0, 0.05) is 12.2 Å². The van der Waals surface area contributed by atoms with E-state index < -0.39 is 9.84 Å². The maximum Gasteiger partial charge on any atom is 0.199 e. The number of nitrogens with zero attached hydrogens (tertiary/aromatic N) is 3. The molecule has 2 heterocycles. The first-order valence-electron chi connectivity index (χ1n) is 7.75. The second-order valence-electron chi connectivity index (χ2n) is 6.18. The van der Waals surface area contributed by atoms with E-state index in [0.717, 1.165) is 29.9 Å². The van der Waals surface area contributed by atoms with Crippen molar-refractivity contribution in [3.05, 3.63) is 48.0 Å². The molecule has 1 aliphatic rings. The van der Waals surface area contributed by atoms with Crippen molar-refractivity contribution in [1.29, 1.82) is 0 Å². The third-order valence-electron chi connectivity index (χ3n) is 4.14. The molecule has 7 heteroatoms. The zero-order valence-corrected chi connectivity index (χ0v) is 14.2. The van der Waals surface area contributed by atoms with E-state index >= 15 is 0 Å². The van der Waals surface area contributed by atoms with Gasteiger partial charge in [0.25, 0.3) is 0 Å². The molecule has 2 aromatic heterocycles. The summed E-state index contributed by atoms with van der Waals surface area (Å²) in [5.74, 6) is 2.55. The average molecular weight is 343 g/mol. The molecular formula is C17H17N3O3S. The topological polar surface area (TPSA) is 78.0 Å². The zero-order chi connectivity index (χ0) is 16.9. The Morgan fingerprint density at radius 3 is 2.42 bits per heavy atom. The maximum absolute atomic E-state index is 11.6. The smallest absolute Gasteiger partial charge is 0.199 e. The molecular weight excluding hydrogens is 326 g/mol. The molecule has 4 rings (SSSR count). The Kier molecular flexibility index (Phi) is 3.35. The summed E-state index contributed by atoms with van der Waals surface area (Å²) in [7, 11) is -3.22. The number of hydrogen-bond acceptors (Lipinski definition) is 5. The number of aryl methyl sites for hydroxylation is 1. The molecule has 0 unspecified atom stereocenters. The van der Waals surface area contributed by atoms with E-state index in [1.807, 2.05) is 13.0 Å². The Balaban J connectivity index is 1.83. The second-order valence-corrected chi connectivity index (χ2v) is 8.19. The van der Waals surface area contributed by atoms with Crippen molar-refractivity contribution >= 4 is 9.84 Å². The third-order valence-corrected chi connectivity index (χ3v) is 5.27. The minimum absolute atomic E-state index is 0.282. The lowest BCUT2D eigenvalue weighted by atomic mass is 10.2. The molecule has 1 fully saturated rings. The van der Waals surface area contributed by atoms with Crippen molar-refractivity contribution in [1.82, 2.24) is 14.8 Å². The monoisotopic (exact) mass is 343 g/mol. The molecule has 0 N–H and O–H groups in total. The molecule has 1 aromatic carbocycles. The van der Waals surface area contributed by atoms with E-state index in [2.05, 4.69) is 10.1 Å². The lowest BCUT2D eigenvalue weighted by Crippen LogP contribution is -2.02. The molecule has 3 aromatic rings. The Morgan fingerprint density at radius 1 is 1.17 bits per heavy atom. The fourth-order valence-electron chi connectivity index (χ4n) is 2.61. The van der Waals surface area contributed by atoms with Crippen molar-refractivity contribution in [3.8, 4) is 17.3 Å². The van der Waals surface area contributed by atoms with Gasteiger partial charge in [-0.15, -0.1) is 0 Å². The number of sulfone groups is 1. The van der Waals surface area contributed by atoms with Gasteiger partial charge in [0.1, 0.15) is 0 Å². The Morgan fingerprint density at radius 2 is 1.88 bits per heavy atom. The van der Waals surface area contributed by atoms with Crippen LogP contribution >= 0.6 is 0 Å². The quantitative estimate of drug-likeness (QED) is 0.727. The van der Waals surface area contributed by atoms with Gasteiger partial charge in [-0.25, -0.2) is 18.1 Å². The molecule has 1 saturated carbocycles. The summed E-state index contributed by atoms with van der Waals surface area (Å²) in [5.41, 5.74) is 1.74. The molecule has 0 radical (unpaired) electrons. The molecule has 0 bridgehead atoms. The summed E-state index contributed by atoms with van der Waals surface area (Å²) in [5, 5.41) is 4.63. The Bertz CT molecular complexity index is 996. The largest absolute Gasteiger partial charge is 0.461 e.